The number of hydrogen-bond acceptors (Lipinski definition) is 5. The fourth-order valence-electron chi connectivity index (χ4n) is 3.85. The second-order valence-corrected chi connectivity index (χ2v) is 6.78. The molecule has 0 saturated carbocycles. The van der Waals surface area contributed by atoms with Gasteiger partial charge in [0.25, 0.3) is 0 Å². The quantitative estimate of drug-likeness (QED) is 0.833. The number of nitrogens with zero attached hydrogens (tertiary/aromatic N) is 2. The van der Waals surface area contributed by atoms with Crippen molar-refractivity contribution in [2.24, 2.45) is 11.8 Å². The number of anilines is 1. The first kappa shape index (κ1) is 14.4. The van der Waals surface area contributed by atoms with Crippen LogP contribution in [-0.4, -0.2) is 41.3 Å². The largest absolute Gasteiger partial charge is 0.360 e. The summed E-state index contributed by atoms with van der Waals surface area (Å²) in [5.41, 5.74) is -0.729. The molecule has 0 aromatic carbocycles. The van der Waals surface area contributed by atoms with Gasteiger partial charge in [-0.1, -0.05) is 17.3 Å². The van der Waals surface area contributed by atoms with E-state index >= 15 is 0 Å². The first-order chi connectivity index (χ1) is 10.9. The van der Waals surface area contributed by atoms with E-state index in [0.717, 1.165) is 0 Å². The number of hydrogen-bond donors (Lipinski definition) is 1. The van der Waals surface area contributed by atoms with Gasteiger partial charge in [0, 0.05) is 12.1 Å². The molecule has 0 radical (unpaired) electrons. The molecular weight excluding hydrogens is 298 g/mol. The van der Waals surface area contributed by atoms with Gasteiger partial charge in [0.2, 0.25) is 11.8 Å². The summed E-state index contributed by atoms with van der Waals surface area (Å²) in [7, 11) is 0. The highest BCUT2D eigenvalue weighted by Crippen LogP contribution is 2.52. The molecule has 1 aromatic heterocycles. The lowest BCUT2D eigenvalue weighted by molar-refractivity contribution is -0.132. The Labute approximate surface area is 133 Å². The van der Waals surface area contributed by atoms with Crippen LogP contribution < -0.4 is 10.2 Å². The highest BCUT2D eigenvalue weighted by Gasteiger charge is 2.67. The van der Waals surface area contributed by atoms with Gasteiger partial charge >= 0.3 is 0 Å². The number of aryl methyl sites for hydroxylation is 1. The number of amides is 2. The average Bonchev–Trinajstić information content (AvgIpc) is 3.19. The summed E-state index contributed by atoms with van der Waals surface area (Å²) in [6.45, 7) is 5.94. The predicted molar refractivity (Wildman–Crippen MR) is 80.6 cm³/mol. The van der Waals surface area contributed by atoms with E-state index in [-0.39, 0.29) is 24.0 Å². The zero-order valence-electron chi connectivity index (χ0n) is 13.3. The van der Waals surface area contributed by atoms with Gasteiger partial charge in [-0.05, 0) is 20.8 Å². The fraction of sp³-hybridized carbons (Fsp3) is 0.562. The van der Waals surface area contributed by atoms with Crippen LogP contribution in [0.15, 0.2) is 22.7 Å². The van der Waals surface area contributed by atoms with E-state index in [1.54, 1.807) is 17.9 Å². The van der Waals surface area contributed by atoms with Crippen LogP contribution in [0.4, 0.5) is 5.82 Å². The minimum Gasteiger partial charge on any atom is -0.360 e. The fourth-order valence-corrected chi connectivity index (χ4v) is 3.85. The van der Waals surface area contributed by atoms with E-state index < -0.39 is 17.4 Å². The van der Waals surface area contributed by atoms with Gasteiger partial charge in [-0.2, -0.15) is 0 Å². The number of aromatic nitrogens is 1. The van der Waals surface area contributed by atoms with Gasteiger partial charge in [-0.25, -0.2) is 0 Å². The molecule has 4 heterocycles. The monoisotopic (exact) mass is 317 g/mol. The van der Waals surface area contributed by atoms with Gasteiger partial charge < -0.3 is 14.6 Å². The lowest BCUT2D eigenvalue weighted by Crippen LogP contribution is -2.45. The Hall–Kier alpha value is -2.15. The van der Waals surface area contributed by atoms with Gasteiger partial charge in [-0.3, -0.25) is 14.5 Å². The number of carbonyl (C=O) groups is 2. The summed E-state index contributed by atoms with van der Waals surface area (Å²) in [4.78, 5) is 27.0. The van der Waals surface area contributed by atoms with Crippen molar-refractivity contribution in [3.8, 4) is 0 Å². The molecule has 122 valence electrons. The lowest BCUT2D eigenvalue weighted by atomic mass is 9.76. The maximum Gasteiger partial charge on any atom is 0.235 e. The van der Waals surface area contributed by atoms with Gasteiger partial charge in [0.15, 0.2) is 5.82 Å². The third kappa shape index (κ3) is 1.96. The summed E-state index contributed by atoms with van der Waals surface area (Å²) in [5.74, 6) is -0.153. The molecule has 7 nitrogen and oxygen atoms in total. The first-order valence-corrected chi connectivity index (χ1v) is 7.83. The van der Waals surface area contributed by atoms with E-state index in [0.29, 0.717) is 18.1 Å². The van der Waals surface area contributed by atoms with Crippen LogP contribution in [0, 0.1) is 18.8 Å². The maximum absolute atomic E-state index is 12.9. The van der Waals surface area contributed by atoms with E-state index in [1.165, 1.54) is 0 Å². The Morgan fingerprint density at radius 2 is 2.30 bits per heavy atom. The molecule has 0 aliphatic carbocycles. The summed E-state index contributed by atoms with van der Waals surface area (Å²) >= 11 is 0. The number of rotatable bonds is 3. The molecule has 2 bridgehead atoms. The van der Waals surface area contributed by atoms with Crippen molar-refractivity contribution in [2.75, 3.05) is 11.4 Å². The molecule has 3 aliphatic heterocycles. The van der Waals surface area contributed by atoms with Crippen LogP contribution in [0.5, 0.6) is 0 Å². The van der Waals surface area contributed by atoms with Gasteiger partial charge in [0.1, 0.15) is 11.4 Å². The topological polar surface area (TPSA) is 84.7 Å². The first-order valence-electron chi connectivity index (χ1n) is 7.83. The molecule has 2 fully saturated rings. The van der Waals surface area contributed by atoms with E-state index in [4.69, 9.17) is 9.26 Å². The van der Waals surface area contributed by atoms with Crippen molar-refractivity contribution in [3.63, 3.8) is 0 Å². The summed E-state index contributed by atoms with van der Waals surface area (Å²) < 4.78 is 11.1. The highest BCUT2D eigenvalue weighted by molar-refractivity contribution is 6.02. The standard InChI is InChI=1S/C16H19N3O4/c1-8(2)17-14(20)12-10-4-5-16(22-10)7-19(15(21)13(12)16)11-6-9(3)23-18-11/h4-6,8,10,12-13H,7H2,1-3H3,(H,17,20)/t10-,12?,13?,16-/m1/s1. The molecule has 7 heteroatoms. The van der Waals surface area contributed by atoms with Crippen LogP contribution in [0.1, 0.15) is 19.6 Å². The normalized spacial score (nSPS) is 34.5. The zero-order chi connectivity index (χ0) is 16.4. The Morgan fingerprint density at radius 1 is 1.52 bits per heavy atom. The van der Waals surface area contributed by atoms with Crippen LogP contribution in [0.2, 0.25) is 0 Å². The van der Waals surface area contributed by atoms with Gasteiger partial charge in [-0.15, -0.1) is 0 Å². The molecule has 3 aliphatic rings. The molecule has 1 spiro atoms. The SMILES string of the molecule is Cc1cc(N2C[C@@]34C=C[C@@H](O3)C(C(=O)NC(C)C)C4C2=O)no1. The Morgan fingerprint density at radius 3 is 2.96 bits per heavy atom. The molecule has 1 aromatic rings. The Bertz CT molecular complexity index is 710. The zero-order valence-corrected chi connectivity index (χ0v) is 13.3. The number of carbonyl (C=O) groups excluding carboxylic acids is 2. The van der Waals surface area contributed by atoms with Crippen LogP contribution in [0.25, 0.3) is 0 Å². The second kappa shape index (κ2) is 4.67. The van der Waals surface area contributed by atoms with E-state index in [2.05, 4.69) is 10.5 Å². The molecule has 4 rings (SSSR count). The minimum atomic E-state index is -0.729. The second-order valence-electron chi connectivity index (χ2n) is 6.78. The van der Waals surface area contributed by atoms with Crippen molar-refractivity contribution in [1.29, 1.82) is 0 Å². The lowest BCUT2D eigenvalue weighted by Gasteiger charge is -2.24. The Balaban J connectivity index is 1.67. The molecule has 23 heavy (non-hydrogen) atoms. The van der Waals surface area contributed by atoms with Crippen molar-refractivity contribution >= 4 is 17.6 Å². The van der Waals surface area contributed by atoms with Crippen LogP contribution in [-0.2, 0) is 14.3 Å². The Kier molecular flexibility index (Phi) is 2.93. The summed E-state index contributed by atoms with van der Waals surface area (Å²) in [6, 6.07) is 1.74. The summed E-state index contributed by atoms with van der Waals surface area (Å²) in [5, 5.41) is 6.82. The number of nitrogens with one attached hydrogen (secondary N) is 1. The van der Waals surface area contributed by atoms with Crippen LogP contribution in [0.3, 0.4) is 0 Å². The summed E-state index contributed by atoms with van der Waals surface area (Å²) in [6.07, 6.45) is 3.49. The maximum atomic E-state index is 12.9. The molecule has 4 atom stereocenters. The van der Waals surface area contributed by atoms with E-state index in [1.807, 2.05) is 26.0 Å². The molecule has 1 N–H and O–H groups in total. The molecular formula is C16H19N3O4. The van der Waals surface area contributed by atoms with E-state index in [9.17, 15) is 9.59 Å². The smallest absolute Gasteiger partial charge is 0.235 e. The third-order valence-electron chi connectivity index (χ3n) is 4.73. The van der Waals surface area contributed by atoms with Gasteiger partial charge in [0.05, 0.1) is 24.5 Å². The van der Waals surface area contributed by atoms with Crippen molar-refractivity contribution in [3.05, 3.63) is 24.0 Å². The van der Waals surface area contributed by atoms with Crippen molar-refractivity contribution < 1.29 is 18.8 Å². The third-order valence-corrected chi connectivity index (χ3v) is 4.73. The number of ether oxygens (including phenoxy) is 1. The molecule has 2 amide bonds. The molecule has 2 saturated heterocycles. The average molecular weight is 317 g/mol. The highest BCUT2D eigenvalue weighted by atomic mass is 16.5. The van der Waals surface area contributed by atoms with Crippen LogP contribution >= 0.6 is 0 Å². The number of fused-ring (bicyclic) bond motifs is 1. The predicted octanol–water partition coefficient (Wildman–Crippen LogP) is 0.794. The minimum absolute atomic E-state index is 0.0207. The van der Waals surface area contributed by atoms with Crippen molar-refractivity contribution in [2.45, 2.75) is 38.5 Å². The molecule has 2 unspecified atom stereocenters. The van der Waals surface area contributed by atoms with Crippen molar-refractivity contribution in [1.82, 2.24) is 10.5 Å².